The van der Waals surface area contributed by atoms with Crippen molar-refractivity contribution >= 4 is 5.97 Å². The lowest BCUT2D eigenvalue weighted by atomic mass is 9.98. The molecule has 1 saturated heterocycles. The summed E-state index contributed by atoms with van der Waals surface area (Å²) in [7, 11) is 0. The highest BCUT2D eigenvalue weighted by atomic mass is 16.5. The zero-order valence-corrected chi connectivity index (χ0v) is 11.9. The number of aliphatic hydroxyl groups is 1. The number of piperidine rings is 1. The summed E-state index contributed by atoms with van der Waals surface area (Å²) in [6.45, 7) is 4.90. The third-order valence-electron chi connectivity index (χ3n) is 3.55. The van der Waals surface area contributed by atoms with Crippen LogP contribution in [0.1, 0.15) is 19.8 Å². The molecule has 0 aromatic carbocycles. The van der Waals surface area contributed by atoms with Gasteiger partial charge in [-0.3, -0.25) is 14.4 Å². The summed E-state index contributed by atoms with van der Waals surface area (Å²) in [6, 6.07) is 1.84. The summed E-state index contributed by atoms with van der Waals surface area (Å²) in [5.41, 5.74) is 0. The Hall–Kier alpha value is -1.40. The van der Waals surface area contributed by atoms with Crippen molar-refractivity contribution in [1.82, 2.24) is 14.7 Å². The number of rotatable bonds is 6. The first-order valence-electron chi connectivity index (χ1n) is 7.23. The molecule has 2 atom stereocenters. The average Bonchev–Trinajstić information content (AvgIpc) is 2.92. The number of aliphatic hydroxyl groups excluding tert-OH is 1. The molecule has 2 rings (SSSR count). The minimum Gasteiger partial charge on any atom is -0.466 e. The molecule has 0 unspecified atom stereocenters. The monoisotopic (exact) mass is 281 g/mol. The summed E-state index contributed by atoms with van der Waals surface area (Å²) < 4.78 is 6.80. The number of aromatic nitrogens is 2. The molecule has 1 aromatic rings. The molecular weight excluding hydrogens is 258 g/mol. The van der Waals surface area contributed by atoms with Gasteiger partial charge in [0.25, 0.3) is 0 Å². The molecular formula is C14H23N3O3. The van der Waals surface area contributed by atoms with Crippen molar-refractivity contribution in [3.05, 3.63) is 18.5 Å². The van der Waals surface area contributed by atoms with Gasteiger partial charge in [0.15, 0.2) is 0 Å². The molecule has 2 heterocycles. The van der Waals surface area contributed by atoms with Crippen LogP contribution in [0.3, 0.4) is 0 Å². The second-order valence-corrected chi connectivity index (χ2v) is 5.23. The zero-order valence-electron chi connectivity index (χ0n) is 11.9. The zero-order chi connectivity index (χ0) is 14.4. The van der Waals surface area contributed by atoms with Crippen LogP contribution in [0.4, 0.5) is 0 Å². The largest absolute Gasteiger partial charge is 0.466 e. The van der Waals surface area contributed by atoms with E-state index in [0.717, 1.165) is 19.4 Å². The van der Waals surface area contributed by atoms with Crippen LogP contribution in [-0.2, 0) is 16.1 Å². The van der Waals surface area contributed by atoms with E-state index in [1.54, 1.807) is 10.9 Å². The smallest absolute Gasteiger partial charge is 0.310 e. The number of hydrogen-bond donors (Lipinski definition) is 1. The fraction of sp³-hybridized carbons (Fsp3) is 0.714. The fourth-order valence-corrected chi connectivity index (χ4v) is 2.65. The van der Waals surface area contributed by atoms with Gasteiger partial charge in [-0.2, -0.15) is 5.10 Å². The summed E-state index contributed by atoms with van der Waals surface area (Å²) in [6.07, 6.45) is 4.91. The first kappa shape index (κ1) is 15.0. The molecule has 0 saturated carbocycles. The minimum atomic E-state index is -0.476. The van der Waals surface area contributed by atoms with Gasteiger partial charge in [-0.05, 0) is 32.4 Å². The summed E-state index contributed by atoms with van der Waals surface area (Å²) >= 11 is 0. The highest BCUT2D eigenvalue weighted by Crippen LogP contribution is 2.18. The highest BCUT2D eigenvalue weighted by molar-refractivity contribution is 5.72. The van der Waals surface area contributed by atoms with Gasteiger partial charge in [0, 0.05) is 25.5 Å². The Morgan fingerprint density at radius 1 is 1.55 bits per heavy atom. The molecule has 1 aliphatic rings. The van der Waals surface area contributed by atoms with Gasteiger partial charge in [-0.25, -0.2) is 0 Å². The molecule has 6 heteroatoms. The maximum atomic E-state index is 11.8. The van der Waals surface area contributed by atoms with Gasteiger partial charge in [0.2, 0.25) is 0 Å². The SMILES string of the molecule is CCOC(=O)[C@@H]1CCCN(C[C@@H](O)Cn2cccn2)C1. The molecule has 20 heavy (non-hydrogen) atoms. The summed E-state index contributed by atoms with van der Waals surface area (Å²) in [5, 5.41) is 14.2. The van der Waals surface area contributed by atoms with Crippen molar-refractivity contribution in [1.29, 1.82) is 0 Å². The van der Waals surface area contributed by atoms with Crippen LogP contribution in [-0.4, -0.2) is 58.1 Å². The molecule has 0 bridgehead atoms. The van der Waals surface area contributed by atoms with Crippen LogP contribution in [0.2, 0.25) is 0 Å². The van der Waals surface area contributed by atoms with Crippen molar-refractivity contribution in [2.75, 3.05) is 26.2 Å². The number of β-amino-alcohol motifs (C(OH)–C–C–N with tert-alkyl or cyclic N) is 1. The number of hydrogen-bond acceptors (Lipinski definition) is 5. The molecule has 6 nitrogen and oxygen atoms in total. The maximum Gasteiger partial charge on any atom is 0.310 e. The van der Waals surface area contributed by atoms with Crippen LogP contribution in [0, 0.1) is 5.92 Å². The van der Waals surface area contributed by atoms with E-state index in [2.05, 4.69) is 10.00 Å². The Labute approximate surface area is 119 Å². The lowest BCUT2D eigenvalue weighted by Crippen LogP contribution is -2.43. The van der Waals surface area contributed by atoms with Crippen LogP contribution in [0.15, 0.2) is 18.5 Å². The van der Waals surface area contributed by atoms with E-state index in [0.29, 0.717) is 26.2 Å². The van der Waals surface area contributed by atoms with Crippen molar-refractivity contribution in [2.45, 2.75) is 32.4 Å². The van der Waals surface area contributed by atoms with Gasteiger partial charge in [0.1, 0.15) is 0 Å². The predicted octanol–water partition coefficient (Wildman–Crippen LogP) is 0.519. The highest BCUT2D eigenvalue weighted by Gasteiger charge is 2.27. The molecule has 0 radical (unpaired) electrons. The Balaban J connectivity index is 1.78. The third-order valence-corrected chi connectivity index (χ3v) is 3.55. The van der Waals surface area contributed by atoms with Gasteiger partial charge in [-0.1, -0.05) is 0 Å². The van der Waals surface area contributed by atoms with E-state index in [1.165, 1.54) is 0 Å². The fourth-order valence-electron chi connectivity index (χ4n) is 2.65. The maximum absolute atomic E-state index is 11.8. The molecule has 0 amide bonds. The van der Waals surface area contributed by atoms with Gasteiger partial charge in [0.05, 0.1) is 25.2 Å². The normalized spacial score (nSPS) is 21.6. The topological polar surface area (TPSA) is 67.6 Å². The molecule has 1 fully saturated rings. The Morgan fingerprint density at radius 2 is 2.40 bits per heavy atom. The minimum absolute atomic E-state index is 0.0550. The second kappa shape index (κ2) is 7.40. The molecule has 112 valence electrons. The van der Waals surface area contributed by atoms with Crippen LogP contribution >= 0.6 is 0 Å². The molecule has 1 N–H and O–H groups in total. The Morgan fingerprint density at radius 3 is 3.10 bits per heavy atom. The first-order valence-corrected chi connectivity index (χ1v) is 7.23. The van der Waals surface area contributed by atoms with E-state index >= 15 is 0 Å². The molecule has 0 aliphatic carbocycles. The summed E-state index contributed by atoms with van der Waals surface area (Å²) in [4.78, 5) is 13.9. The second-order valence-electron chi connectivity index (χ2n) is 5.23. The molecule has 1 aromatic heterocycles. The molecule has 1 aliphatic heterocycles. The van der Waals surface area contributed by atoms with E-state index in [4.69, 9.17) is 4.74 Å². The van der Waals surface area contributed by atoms with E-state index in [-0.39, 0.29) is 11.9 Å². The van der Waals surface area contributed by atoms with E-state index < -0.39 is 6.10 Å². The van der Waals surface area contributed by atoms with Gasteiger partial charge in [-0.15, -0.1) is 0 Å². The van der Waals surface area contributed by atoms with Crippen LogP contribution in [0.25, 0.3) is 0 Å². The van der Waals surface area contributed by atoms with Crippen molar-refractivity contribution in [3.63, 3.8) is 0 Å². The van der Waals surface area contributed by atoms with E-state index in [9.17, 15) is 9.90 Å². The number of esters is 1. The van der Waals surface area contributed by atoms with Crippen LogP contribution in [0.5, 0.6) is 0 Å². The first-order chi connectivity index (χ1) is 9.69. The van der Waals surface area contributed by atoms with Gasteiger partial charge >= 0.3 is 5.97 Å². The van der Waals surface area contributed by atoms with E-state index in [1.807, 2.05) is 19.2 Å². The van der Waals surface area contributed by atoms with Crippen LogP contribution < -0.4 is 0 Å². The standard InChI is InChI=1S/C14H23N3O3/c1-2-20-14(19)12-5-3-7-16(9-12)10-13(18)11-17-8-4-6-15-17/h4,6,8,12-13,18H,2-3,5,7,9-11H2,1H3/t12-,13-/m1/s1. The van der Waals surface area contributed by atoms with Crippen molar-refractivity contribution < 1.29 is 14.6 Å². The lowest BCUT2D eigenvalue weighted by Gasteiger charge is -2.32. The Bertz CT molecular complexity index is 408. The number of ether oxygens (including phenoxy) is 1. The number of carbonyl (C=O) groups excluding carboxylic acids is 1. The van der Waals surface area contributed by atoms with Crippen molar-refractivity contribution in [2.24, 2.45) is 5.92 Å². The molecule has 0 spiro atoms. The van der Waals surface area contributed by atoms with Crippen molar-refractivity contribution in [3.8, 4) is 0 Å². The summed E-state index contributed by atoms with van der Waals surface area (Å²) in [5.74, 6) is -0.167. The number of nitrogens with zero attached hydrogens (tertiary/aromatic N) is 3. The Kier molecular flexibility index (Phi) is 5.55. The number of carbonyl (C=O) groups is 1. The number of likely N-dealkylation sites (tertiary alicyclic amines) is 1. The average molecular weight is 281 g/mol. The van der Waals surface area contributed by atoms with Gasteiger partial charge < -0.3 is 9.84 Å². The quantitative estimate of drug-likeness (QED) is 0.770. The lowest BCUT2D eigenvalue weighted by molar-refractivity contribution is -0.150. The third kappa shape index (κ3) is 4.31. The predicted molar refractivity (Wildman–Crippen MR) is 74.0 cm³/mol.